The number of ether oxygens (including phenoxy) is 1. The molecule has 1 fully saturated rings. The van der Waals surface area contributed by atoms with Gasteiger partial charge in [0.25, 0.3) is 0 Å². The highest BCUT2D eigenvalue weighted by Crippen LogP contribution is 2.34. The van der Waals surface area contributed by atoms with E-state index in [0.29, 0.717) is 0 Å². The SMILES string of the molecule is COc1cccc(N2CC(N)CC2(C)C)c1. The molecule has 2 N–H and O–H groups in total. The van der Waals surface area contributed by atoms with Gasteiger partial charge in [0.1, 0.15) is 5.75 Å². The minimum absolute atomic E-state index is 0.131. The lowest BCUT2D eigenvalue weighted by molar-refractivity contribution is 0.414. The van der Waals surface area contributed by atoms with Crippen molar-refractivity contribution in [3.8, 4) is 5.75 Å². The Kier molecular flexibility index (Phi) is 2.80. The number of anilines is 1. The van der Waals surface area contributed by atoms with E-state index in [-0.39, 0.29) is 11.6 Å². The van der Waals surface area contributed by atoms with Crippen LogP contribution in [-0.4, -0.2) is 25.2 Å². The van der Waals surface area contributed by atoms with E-state index in [1.165, 1.54) is 5.69 Å². The van der Waals surface area contributed by atoms with Crippen LogP contribution in [0.5, 0.6) is 5.75 Å². The highest BCUT2D eigenvalue weighted by Gasteiger charge is 2.36. The Bertz CT molecular complexity index is 376. The fraction of sp³-hybridized carbons (Fsp3) is 0.538. The first-order valence-electron chi connectivity index (χ1n) is 5.70. The molecule has 3 nitrogen and oxygen atoms in total. The van der Waals surface area contributed by atoms with Gasteiger partial charge >= 0.3 is 0 Å². The van der Waals surface area contributed by atoms with E-state index in [4.69, 9.17) is 10.5 Å². The molecular formula is C13H20N2O. The van der Waals surface area contributed by atoms with Crippen LogP contribution in [0.25, 0.3) is 0 Å². The van der Waals surface area contributed by atoms with Crippen molar-refractivity contribution in [2.75, 3.05) is 18.6 Å². The molecule has 1 heterocycles. The zero-order valence-electron chi connectivity index (χ0n) is 10.2. The topological polar surface area (TPSA) is 38.5 Å². The normalized spacial score (nSPS) is 23.5. The monoisotopic (exact) mass is 220 g/mol. The summed E-state index contributed by atoms with van der Waals surface area (Å²) in [5.74, 6) is 0.897. The highest BCUT2D eigenvalue weighted by atomic mass is 16.5. The predicted octanol–water partition coefficient (Wildman–Crippen LogP) is 2.01. The molecule has 0 amide bonds. The minimum atomic E-state index is 0.131. The third-order valence-corrected chi connectivity index (χ3v) is 3.27. The Morgan fingerprint density at radius 3 is 2.75 bits per heavy atom. The zero-order valence-corrected chi connectivity index (χ0v) is 10.2. The molecule has 0 aliphatic carbocycles. The fourth-order valence-corrected chi connectivity index (χ4v) is 2.53. The van der Waals surface area contributed by atoms with Gasteiger partial charge < -0.3 is 15.4 Å². The molecule has 0 spiro atoms. The van der Waals surface area contributed by atoms with E-state index in [1.54, 1.807) is 7.11 Å². The average Bonchev–Trinajstić information content (AvgIpc) is 2.52. The van der Waals surface area contributed by atoms with E-state index < -0.39 is 0 Å². The average molecular weight is 220 g/mol. The number of hydrogen-bond acceptors (Lipinski definition) is 3. The Morgan fingerprint density at radius 2 is 2.19 bits per heavy atom. The maximum atomic E-state index is 6.04. The molecule has 1 aromatic carbocycles. The first-order valence-corrected chi connectivity index (χ1v) is 5.70. The molecule has 16 heavy (non-hydrogen) atoms. The second-order valence-electron chi connectivity index (χ2n) is 5.09. The van der Waals surface area contributed by atoms with Crippen LogP contribution in [0.2, 0.25) is 0 Å². The molecule has 1 aliphatic heterocycles. The van der Waals surface area contributed by atoms with Crippen LogP contribution in [-0.2, 0) is 0 Å². The number of nitrogens with zero attached hydrogens (tertiary/aromatic N) is 1. The Hall–Kier alpha value is -1.22. The largest absolute Gasteiger partial charge is 0.497 e. The van der Waals surface area contributed by atoms with Gasteiger partial charge in [0.15, 0.2) is 0 Å². The number of benzene rings is 1. The van der Waals surface area contributed by atoms with Gasteiger partial charge in [0.05, 0.1) is 7.11 Å². The number of rotatable bonds is 2. The van der Waals surface area contributed by atoms with Crippen molar-refractivity contribution in [2.45, 2.75) is 31.8 Å². The maximum Gasteiger partial charge on any atom is 0.120 e. The van der Waals surface area contributed by atoms with Crippen LogP contribution < -0.4 is 15.4 Å². The van der Waals surface area contributed by atoms with Crippen molar-refractivity contribution in [3.05, 3.63) is 24.3 Å². The molecule has 1 unspecified atom stereocenters. The van der Waals surface area contributed by atoms with Gasteiger partial charge in [0, 0.05) is 29.9 Å². The lowest BCUT2D eigenvalue weighted by Gasteiger charge is -2.33. The van der Waals surface area contributed by atoms with Crippen LogP contribution in [0, 0.1) is 0 Å². The fourth-order valence-electron chi connectivity index (χ4n) is 2.53. The first-order chi connectivity index (χ1) is 7.53. The molecule has 3 heteroatoms. The van der Waals surface area contributed by atoms with Gasteiger partial charge in [0.2, 0.25) is 0 Å². The van der Waals surface area contributed by atoms with Crippen molar-refractivity contribution in [2.24, 2.45) is 5.73 Å². The summed E-state index contributed by atoms with van der Waals surface area (Å²) in [5.41, 5.74) is 7.36. The summed E-state index contributed by atoms with van der Waals surface area (Å²) in [6, 6.07) is 8.43. The lowest BCUT2D eigenvalue weighted by atomic mass is 10.00. The van der Waals surface area contributed by atoms with Crippen LogP contribution in [0.3, 0.4) is 0 Å². The Morgan fingerprint density at radius 1 is 1.44 bits per heavy atom. The number of methoxy groups -OCH3 is 1. The smallest absolute Gasteiger partial charge is 0.120 e. The molecule has 1 aliphatic rings. The third kappa shape index (κ3) is 2.00. The van der Waals surface area contributed by atoms with Gasteiger partial charge in [-0.25, -0.2) is 0 Å². The molecule has 1 saturated heterocycles. The maximum absolute atomic E-state index is 6.04. The molecule has 0 saturated carbocycles. The van der Waals surface area contributed by atoms with Crippen molar-refractivity contribution in [3.63, 3.8) is 0 Å². The summed E-state index contributed by atoms with van der Waals surface area (Å²) in [4.78, 5) is 2.36. The molecular weight excluding hydrogens is 200 g/mol. The van der Waals surface area contributed by atoms with E-state index in [0.717, 1.165) is 18.7 Å². The lowest BCUT2D eigenvalue weighted by Crippen LogP contribution is -2.38. The summed E-state index contributed by atoms with van der Waals surface area (Å²) < 4.78 is 5.25. The molecule has 1 aromatic rings. The molecule has 0 radical (unpaired) electrons. The van der Waals surface area contributed by atoms with Gasteiger partial charge in [-0.1, -0.05) is 6.07 Å². The quantitative estimate of drug-likeness (QED) is 0.828. The van der Waals surface area contributed by atoms with Crippen molar-refractivity contribution >= 4 is 5.69 Å². The summed E-state index contributed by atoms with van der Waals surface area (Å²) >= 11 is 0. The van der Waals surface area contributed by atoms with Gasteiger partial charge in [-0.3, -0.25) is 0 Å². The van der Waals surface area contributed by atoms with Crippen LogP contribution in [0.15, 0.2) is 24.3 Å². The number of nitrogens with two attached hydrogens (primary N) is 1. The van der Waals surface area contributed by atoms with E-state index in [2.05, 4.69) is 30.9 Å². The van der Waals surface area contributed by atoms with E-state index in [9.17, 15) is 0 Å². The van der Waals surface area contributed by atoms with Crippen molar-refractivity contribution < 1.29 is 4.74 Å². The molecule has 88 valence electrons. The highest BCUT2D eigenvalue weighted by molar-refractivity contribution is 5.54. The Labute approximate surface area is 97.2 Å². The van der Waals surface area contributed by atoms with Gasteiger partial charge in [-0.05, 0) is 32.4 Å². The summed E-state index contributed by atoms with van der Waals surface area (Å²) in [5, 5.41) is 0. The van der Waals surface area contributed by atoms with Crippen molar-refractivity contribution in [1.29, 1.82) is 0 Å². The first kappa shape index (κ1) is 11.3. The second kappa shape index (κ2) is 3.98. The molecule has 2 rings (SSSR count). The second-order valence-corrected chi connectivity index (χ2v) is 5.09. The van der Waals surface area contributed by atoms with Crippen LogP contribution in [0.4, 0.5) is 5.69 Å². The van der Waals surface area contributed by atoms with E-state index >= 15 is 0 Å². The van der Waals surface area contributed by atoms with Crippen LogP contribution in [0.1, 0.15) is 20.3 Å². The minimum Gasteiger partial charge on any atom is -0.497 e. The van der Waals surface area contributed by atoms with Crippen molar-refractivity contribution in [1.82, 2.24) is 0 Å². The zero-order chi connectivity index (χ0) is 11.8. The molecule has 0 bridgehead atoms. The third-order valence-electron chi connectivity index (χ3n) is 3.27. The van der Waals surface area contributed by atoms with Gasteiger partial charge in [-0.15, -0.1) is 0 Å². The Balaban J connectivity index is 2.29. The standard InChI is InChI=1S/C13H20N2O/c1-13(2)8-10(14)9-15(13)11-5-4-6-12(7-11)16-3/h4-7,10H,8-9,14H2,1-3H3. The van der Waals surface area contributed by atoms with E-state index in [1.807, 2.05) is 12.1 Å². The summed E-state index contributed by atoms with van der Waals surface area (Å²) in [7, 11) is 1.69. The van der Waals surface area contributed by atoms with Gasteiger partial charge in [-0.2, -0.15) is 0 Å². The summed E-state index contributed by atoms with van der Waals surface area (Å²) in [6.45, 7) is 5.39. The van der Waals surface area contributed by atoms with Crippen LogP contribution >= 0.6 is 0 Å². The summed E-state index contributed by atoms with van der Waals surface area (Å²) in [6.07, 6.45) is 1.03. The molecule has 0 aromatic heterocycles. The molecule has 1 atom stereocenters. The number of hydrogen-bond donors (Lipinski definition) is 1. The predicted molar refractivity (Wildman–Crippen MR) is 67.0 cm³/mol.